The van der Waals surface area contributed by atoms with Crippen LogP contribution in [-0.2, 0) is 0 Å². The zero-order chi connectivity index (χ0) is 15.1. The molecule has 4 nitrogen and oxygen atoms in total. The first-order valence-electron chi connectivity index (χ1n) is 6.76. The Morgan fingerprint density at radius 3 is 2.71 bits per heavy atom. The number of hydrogen-bond donors (Lipinski definition) is 1. The van der Waals surface area contributed by atoms with E-state index in [0.717, 1.165) is 28.1 Å². The highest BCUT2D eigenvalue weighted by Crippen LogP contribution is 2.32. The molecule has 0 saturated carbocycles. The maximum atomic E-state index is 5.39. The number of thioether (sulfide) groups is 1. The lowest BCUT2D eigenvalue weighted by Gasteiger charge is -2.19. The van der Waals surface area contributed by atoms with Crippen molar-refractivity contribution >= 4 is 23.1 Å². The molecule has 1 aromatic heterocycles. The van der Waals surface area contributed by atoms with E-state index in [2.05, 4.69) is 23.3 Å². The van der Waals surface area contributed by atoms with Crippen LogP contribution in [0.25, 0.3) is 0 Å². The monoisotopic (exact) mass is 324 g/mol. The summed E-state index contributed by atoms with van der Waals surface area (Å²) in [6.45, 7) is 3.03. The number of aromatic nitrogens is 1. The van der Waals surface area contributed by atoms with Gasteiger partial charge in [0.05, 0.1) is 14.2 Å². The Balaban J connectivity index is 2.13. The highest BCUT2D eigenvalue weighted by molar-refractivity contribution is 8.01. The molecule has 2 rings (SSSR count). The Morgan fingerprint density at radius 2 is 2.10 bits per heavy atom. The van der Waals surface area contributed by atoms with Crippen LogP contribution in [0.2, 0.25) is 0 Å². The maximum Gasteiger partial charge on any atom is 0.161 e. The second-order valence-electron chi connectivity index (χ2n) is 4.33. The largest absolute Gasteiger partial charge is 0.493 e. The van der Waals surface area contributed by atoms with Gasteiger partial charge in [-0.15, -0.1) is 11.3 Å². The molecule has 1 aromatic carbocycles. The molecular weight excluding hydrogens is 304 g/mol. The highest BCUT2D eigenvalue weighted by Gasteiger charge is 2.14. The van der Waals surface area contributed by atoms with Crippen molar-refractivity contribution in [1.29, 1.82) is 0 Å². The molecule has 1 atom stereocenters. The van der Waals surface area contributed by atoms with Gasteiger partial charge in [-0.05, 0) is 24.2 Å². The zero-order valence-corrected chi connectivity index (χ0v) is 14.1. The maximum absolute atomic E-state index is 5.39. The molecule has 2 aromatic rings. The molecule has 0 spiro atoms. The van der Waals surface area contributed by atoms with E-state index < -0.39 is 0 Å². The number of nitrogens with zero attached hydrogens (tertiary/aromatic N) is 1. The Morgan fingerprint density at radius 1 is 1.29 bits per heavy atom. The fraction of sp³-hybridized carbons (Fsp3) is 0.400. The average Bonchev–Trinajstić information content (AvgIpc) is 3.04. The molecule has 1 N–H and O–H groups in total. The number of methoxy groups -OCH3 is 2. The summed E-state index contributed by atoms with van der Waals surface area (Å²) < 4.78 is 11.8. The van der Waals surface area contributed by atoms with Crippen molar-refractivity contribution in [2.24, 2.45) is 0 Å². The van der Waals surface area contributed by atoms with E-state index in [4.69, 9.17) is 9.47 Å². The number of thiazole rings is 1. The van der Waals surface area contributed by atoms with E-state index in [1.807, 2.05) is 23.7 Å². The van der Waals surface area contributed by atoms with Gasteiger partial charge in [0, 0.05) is 23.4 Å². The van der Waals surface area contributed by atoms with Crippen LogP contribution in [0.5, 0.6) is 11.5 Å². The molecule has 6 heteroatoms. The number of rotatable bonds is 8. The van der Waals surface area contributed by atoms with Crippen molar-refractivity contribution in [3.8, 4) is 11.5 Å². The van der Waals surface area contributed by atoms with Crippen molar-refractivity contribution in [3.63, 3.8) is 0 Å². The van der Waals surface area contributed by atoms with Crippen molar-refractivity contribution in [2.75, 3.05) is 26.5 Å². The van der Waals surface area contributed by atoms with Gasteiger partial charge in [0.1, 0.15) is 4.34 Å². The van der Waals surface area contributed by atoms with Crippen LogP contribution in [-0.4, -0.2) is 31.5 Å². The second-order valence-corrected chi connectivity index (χ2v) is 6.50. The molecule has 0 radical (unpaired) electrons. The summed E-state index contributed by atoms with van der Waals surface area (Å²) in [7, 11) is 3.31. The molecule has 0 aliphatic carbocycles. The van der Waals surface area contributed by atoms with Gasteiger partial charge in [0.15, 0.2) is 11.5 Å². The summed E-state index contributed by atoms with van der Waals surface area (Å²) >= 11 is 3.44. The van der Waals surface area contributed by atoms with Crippen molar-refractivity contribution in [1.82, 2.24) is 10.3 Å². The molecule has 21 heavy (non-hydrogen) atoms. The Hall–Kier alpha value is -1.24. The standard InChI is InChI=1S/C15H20N2O2S2/c1-4-16-12(10-21-15-17-7-8-20-15)11-5-6-13(18-2)14(9-11)19-3/h5-9,12,16H,4,10H2,1-3H3. The predicted octanol–water partition coefficient (Wildman–Crippen LogP) is 3.60. The predicted molar refractivity (Wildman–Crippen MR) is 88.8 cm³/mol. The summed E-state index contributed by atoms with van der Waals surface area (Å²) in [6.07, 6.45) is 1.84. The molecule has 0 bridgehead atoms. The number of benzene rings is 1. The summed E-state index contributed by atoms with van der Waals surface area (Å²) in [5.41, 5.74) is 1.19. The lowest BCUT2D eigenvalue weighted by molar-refractivity contribution is 0.354. The minimum absolute atomic E-state index is 0.253. The number of nitrogens with one attached hydrogen (secondary N) is 1. The Kier molecular flexibility index (Phi) is 6.35. The van der Waals surface area contributed by atoms with E-state index in [9.17, 15) is 0 Å². The molecule has 0 aliphatic heterocycles. The fourth-order valence-electron chi connectivity index (χ4n) is 2.03. The van der Waals surface area contributed by atoms with E-state index in [1.165, 1.54) is 5.56 Å². The Bertz CT molecular complexity index is 547. The zero-order valence-electron chi connectivity index (χ0n) is 12.5. The third-order valence-corrected chi connectivity index (χ3v) is 5.10. The molecule has 0 aliphatic rings. The minimum atomic E-state index is 0.253. The third kappa shape index (κ3) is 4.36. The van der Waals surface area contributed by atoms with Gasteiger partial charge in [-0.1, -0.05) is 24.8 Å². The molecular formula is C15H20N2O2S2. The number of ether oxygens (including phenoxy) is 2. The molecule has 114 valence electrons. The first-order valence-corrected chi connectivity index (χ1v) is 8.62. The average molecular weight is 324 g/mol. The summed E-state index contributed by atoms with van der Waals surface area (Å²) in [4.78, 5) is 4.31. The van der Waals surface area contributed by atoms with Crippen LogP contribution >= 0.6 is 23.1 Å². The van der Waals surface area contributed by atoms with Crippen LogP contribution in [0.15, 0.2) is 34.1 Å². The van der Waals surface area contributed by atoms with Crippen LogP contribution in [0.4, 0.5) is 0 Å². The van der Waals surface area contributed by atoms with Crippen LogP contribution in [0.1, 0.15) is 18.5 Å². The lowest BCUT2D eigenvalue weighted by atomic mass is 10.1. The summed E-state index contributed by atoms with van der Waals surface area (Å²) in [6, 6.07) is 6.32. The van der Waals surface area contributed by atoms with Gasteiger partial charge < -0.3 is 14.8 Å². The van der Waals surface area contributed by atoms with Gasteiger partial charge in [0.25, 0.3) is 0 Å². The van der Waals surface area contributed by atoms with Gasteiger partial charge in [-0.25, -0.2) is 4.98 Å². The van der Waals surface area contributed by atoms with E-state index in [0.29, 0.717) is 0 Å². The first kappa shape index (κ1) is 16.1. The van der Waals surface area contributed by atoms with Crippen LogP contribution in [0.3, 0.4) is 0 Å². The summed E-state index contributed by atoms with van der Waals surface area (Å²) in [5.74, 6) is 2.44. The van der Waals surface area contributed by atoms with E-state index >= 15 is 0 Å². The minimum Gasteiger partial charge on any atom is -0.493 e. The second kappa shape index (κ2) is 8.26. The van der Waals surface area contributed by atoms with E-state index in [-0.39, 0.29) is 6.04 Å². The lowest BCUT2D eigenvalue weighted by Crippen LogP contribution is -2.23. The summed E-state index contributed by atoms with van der Waals surface area (Å²) in [5, 5.41) is 5.51. The topological polar surface area (TPSA) is 43.4 Å². The molecule has 0 fully saturated rings. The van der Waals surface area contributed by atoms with E-state index in [1.54, 1.807) is 37.3 Å². The van der Waals surface area contributed by atoms with Gasteiger partial charge in [-0.3, -0.25) is 0 Å². The van der Waals surface area contributed by atoms with Gasteiger partial charge in [0.2, 0.25) is 0 Å². The van der Waals surface area contributed by atoms with Crippen LogP contribution in [0, 0.1) is 0 Å². The van der Waals surface area contributed by atoms with Crippen molar-refractivity contribution in [3.05, 3.63) is 35.3 Å². The molecule has 1 heterocycles. The highest BCUT2D eigenvalue weighted by atomic mass is 32.2. The fourth-order valence-corrected chi connectivity index (χ4v) is 3.78. The third-order valence-electron chi connectivity index (χ3n) is 3.04. The van der Waals surface area contributed by atoms with Crippen molar-refractivity contribution in [2.45, 2.75) is 17.3 Å². The quantitative estimate of drug-likeness (QED) is 0.752. The van der Waals surface area contributed by atoms with Crippen molar-refractivity contribution < 1.29 is 9.47 Å². The molecule has 0 amide bonds. The van der Waals surface area contributed by atoms with Crippen LogP contribution < -0.4 is 14.8 Å². The Labute approximate surface area is 133 Å². The van der Waals surface area contributed by atoms with Gasteiger partial charge in [-0.2, -0.15) is 0 Å². The normalized spacial score (nSPS) is 12.1. The smallest absolute Gasteiger partial charge is 0.161 e. The molecule has 1 unspecified atom stereocenters. The van der Waals surface area contributed by atoms with Gasteiger partial charge >= 0.3 is 0 Å². The first-order chi connectivity index (χ1) is 10.3. The number of hydrogen-bond acceptors (Lipinski definition) is 6. The molecule has 0 saturated heterocycles. The SMILES string of the molecule is CCNC(CSc1nccs1)c1ccc(OC)c(OC)c1.